The van der Waals surface area contributed by atoms with Crippen molar-refractivity contribution in [1.29, 1.82) is 0 Å². The van der Waals surface area contributed by atoms with Gasteiger partial charge >= 0.3 is 10.2 Å². The van der Waals surface area contributed by atoms with Crippen molar-refractivity contribution in [1.82, 2.24) is 14.8 Å². The number of methoxy groups -OCH3 is 1. The number of halogens is 1. The highest BCUT2D eigenvalue weighted by Gasteiger charge is 2.29. The van der Waals surface area contributed by atoms with Crippen molar-refractivity contribution in [3.63, 3.8) is 0 Å². The monoisotopic (exact) mass is 265 g/mol. The van der Waals surface area contributed by atoms with E-state index in [0.29, 0.717) is 5.82 Å². The van der Waals surface area contributed by atoms with E-state index in [1.54, 1.807) is 0 Å². The third-order valence-corrected chi connectivity index (χ3v) is 2.86. The van der Waals surface area contributed by atoms with E-state index in [9.17, 15) is 12.3 Å². The highest BCUT2D eigenvalue weighted by Crippen LogP contribution is 2.23. The molecule has 1 rings (SSSR count). The molecule has 0 radical (unpaired) electrons. The second kappa shape index (κ2) is 4.69. The zero-order valence-corrected chi connectivity index (χ0v) is 11.1. The third kappa shape index (κ3) is 3.22. The summed E-state index contributed by atoms with van der Waals surface area (Å²) in [5.41, 5.74) is -0.427. The summed E-state index contributed by atoms with van der Waals surface area (Å²) in [5, 5.41) is 6.48. The number of hydrogen-bond donors (Lipinski definition) is 0. The van der Waals surface area contributed by atoms with E-state index < -0.39 is 20.8 Å². The van der Waals surface area contributed by atoms with Crippen LogP contribution in [0, 0.1) is 0 Å². The van der Waals surface area contributed by atoms with Gasteiger partial charge in [0.2, 0.25) is 0 Å². The molecule has 0 aromatic carbocycles. The maximum absolute atomic E-state index is 13.0. The van der Waals surface area contributed by atoms with E-state index in [0.717, 1.165) is 0 Å². The van der Waals surface area contributed by atoms with Crippen molar-refractivity contribution < 1.29 is 17.0 Å². The summed E-state index contributed by atoms with van der Waals surface area (Å²) < 4.78 is 41.0. The van der Waals surface area contributed by atoms with Crippen LogP contribution >= 0.6 is 0 Å². The molecular formula is C9H16FN3O3S. The molecule has 0 saturated heterocycles. The van der Waals surface area contributed by atoms with Gasteiger partial charge in [-0.25, -0.2) is 0 Å². The van der Waals surface area contributed by atoms with Crippen LogP contribution < -0.4 is 0 Å². The summed E-state index contributed by atoms with van der Waals surface area (Å²) in [7, 11) is -3.39. The quantitative estimate of drug-likeness (QED) is 0.755. The molecule has 0 amide bonds. The van der Waals surface area contributed by atoms with Gasteiger partial charge in [0.1, 0.15) is 5.82 Å². The molecule has 0 aliphatic rings. The number of aromatic nitrogens is 3. The zero-order valence-electron chi connectivity index (χ0n) is 10.3. The van der Waals surface area contributed by atoms with E-state index in [4.69, 9.17) is 4.74 Å². The normalized spacial score (nSPS) is 13.0. The molecule has 1 aromatic heterocycles. The molecule has 0 saturated carbocycles. The molecule has 0 fully saturated rings. The number of hydrogen-bond acceptors (Lipinski definition) is 5. The Morgan fingerprint density at radius 3 is 2.35 bits per heavy atom. The molecule has 0 aliphatic heterocycles. The minimum absolute atomic E-state index is 0.189. The summed E-state index contributed by atoms with van der Waals surface area (Å²) in [4.78, 5) is 0. The van der Waals surface area contributed by atoms with Crippen LogP contribution in [-0.2, 0) is 26.9 Å². The number of ether oxygens (including phenoxy) is 1. The lowest BCUT2D eigenvalue weighted by Crippen LogP contribution is -2.22. The van der Waals surface area contributed by atoms with Crippen molar-refractivity contribution in [3.05, 3.63) is 5.82 Å². The van der Waals surface area contributed by atoms with Gasteiger partial charge in [-0.15, -0.1) is 10.2 Å². The standard InChI is InChI=1S/C9H16FN3O3S/c1-9(2,3)7-11-12-8(17(10,14)15)13(7)5-6-16-4/h5-6H2,1-4H3. The van der Waals surface area contributed by atoms with Crippen molar-refractivity contribution >= 4 is 10.2 Å². The second-order valence-electron chi connectivity index (χ2n) is 4.64. The molecule has 6 nitrogen and oxygen atoms in total. The molecule has 8 heteroatoms. The molecule has 0 spiro atoms. The number of rotatable bonds is 4. The molecule has 17 heavy (non-hydrogen) atoms. The Kier molecular flexibility index (Phi) is 3.88. The van der Waals surface area contributed by atoms with Crippen molar-refractivity contribution in [2.45, 2.75) is 37.9 Å². The first-order valence-corrected chi connectivity index (χ1v) is 6.43. The average Bonchev–Trinajstić information content (AvgIpc) is 2.56. The van der Waals surface area contributed by atoms with Gasteiger partial charge in [-0.1, -0.05) is 24.7 Å². The van der Waals surface area contributed by atoms with E-state index in [-0.39, 0.29) is 13.2 Å². The summed E-state index contributed by atoms with van der Waals surface area (Å²) in [6, 6.07) is 0. The molecule has 1 heterocycles. The minimum Gasteiger partial charge on any atom is -0.383 e. The molecule has 1 aromatic rings. The Morgan fingerprint density at radius 2 is 1.94 bits per heavy atom. The van der Waals surface area contributed by atoms with Gasteiger partial charge in [0, 0.05) is 12.5 Å². The third-order valence-electron chi connectivity index (χ3n) is 2.12. The summed E-state index contributed by atoms with van der Waals surface area (Å²) >= 11 is 0. The fourth-order valence-corrected chi connectivity index (χ4v) is 1.99. The van der Waals surface area contributed by atoms with E-state index in [1.807, 2.05) is 20.8 Å². The van der Waals surface area contributed by atoms with E-state index >= 15 is 0 Å². The molecular weight excluding hydrogens is 249 g/mol. The Hall–Kier alpha value is -1.02. The first kappa shape index (κ1) is 14.0. The first-order chi connectivity index (χ1) is 7.68. The van der Waals surface area contributed by atoms with Gasteiger partial charge in [0.15, 0.2) is 0 Å². The SMILES string of the molecule is COCCn1c(C(C)(C)C)nnc1S(=O)(=O)F. The van der Waals surface area contributed by atoms with Crippen LogP contribution in [0.4, 0.5) is 3.89 Å². The van der Waals surface area contributed by atoms with Crippen LogP contribution in [0.2, 0.25) is 0 Å². The topological polar surface area (TPSA) is 74.1 Å². The zero-order chi connectivity index (χ0) is 13.3. The van der Waals surface area contributed by atoms with Crippen LogP contribution in [0.5, 0.6) is 0 Å². The van der Waals surface area contributed by atoms with Gasteiger partial charge in [0.25, 0.3) is 5.16 Å². The van der Waals surface area contributed by atoms with Crippen LogP contribution in [0.1, 0.15) is 26.6 Å². The molecule has 0 aliphatic carbocycles. The second-order valence-corrected chi connectivity index (χ2v) is 5.88. The Balaban J connectivity index is 3.30. The van der Waals surface area contributed by atoms with Crippen molar-refractivity contribution in [2.75, 3.05) is 13.7 Å². The van der Waals surface area contributed by atoms with Gasteiger partial charge in [-0.3, -0.25) is 4.57 Å². The lowest BCUT2D eigenvalue weighted by Gasteiger charge is -2.18. The van der Waals surface area contributed by atoms with Crippen molar-refractivity contribution in [2.24, 2.45) is 0 Å². The molecule has 98 valence electrons. The molecule has 0 N–H and O–H groups in total. The molecule has 0 atom stereocenters. The summed E-state index contributed by atoms with van der Waals surface area (Å²) in [6.07, 6.45) is 0. The Labute approximate surface area is 100 Å². The fourth-order valence-electron chi connectivity index (χ4n) is 1.41. The summed E-state index contributed by atoms with van der Waals surface area (Å²) in [5.74, 6) is 0.408. The Bertz CT molecular complexity index is 490. The van der Waals surface area contributed by atoms with Crippen LogP contribution in [0.3, 0.4) is 0 Å². The van der Waals surface area contributed by atoms with Gasteiger partial charge < -0.3 is 4.74 Å². The predicted molar refractivity (Wildman–Crippen MR) is 58.9 cm³/mol. The Morgan fingerprint density at radius 1 is 1.35 bits per heavy atom. The van der Waals surface area contributed by atoms with Gasteiger partial charge in [-0.05, 0) is 0 Å². The lowest BCUT2D eigenvalue weighted by atomic mass is 9.96. The van der Waals surface area contributed by atoms with Crippen LogP contribution in [0.15, 0.2) is 5.16 Å². The van der Waals surface area contributed by atoms with Crippen LogP contribution in [0.25, 0.3) is 0 Å². The maximum Gasteiger partial charge on any atom is 0.368 e. The lowest BCUT2D eigenvalue weighted by molar-refractivity contribution is 0.182. The van der Waals surface area contributed by atoms with E-state index in [2.05, 4.69) is 10.2 Å². The average molecular weight is 265 g/mol. The molecule has 0 unspecified atom stereocenters. The smallest absolute Gasteiger partial charge is 0.368 e. The highest BCUT2D eigenvalue weighted by molar-refractivity contribution is 7.86. The maximum atomic E-state index is 13.0. The highest BCUT2D eigenvalue weighted by atomic mass is 32.3. The fraction of sp³-hybridized carbons (Fsp3) is 0.778. The minimum atomic E-state index is -4.87. The predicted octanol–water partition coefficient (Wildman–Crippen LogP) is 0.880. The largest absolute Gasteiger partial charge is 0.383 e. The van der Waals surface area contributed by atoms with Gasteiger partial charge in [0.05, 0.1) is 13.2 Å². The van der Waals surface area contributed by atoms with Crippen molar-refractivity contribution in [3.8, 4) is 0 Å². The molecule has 0 bridgehead atoms. The van der Waals surface area contributed by atoms with E-state index in [1.165, 1.54) is 11.7 Å². The van der Waals surface area contributed by atoms with Crippen LogP contribution in [-0.4, -0.2) is 36.9 Å². The van der Waals surface area contributed by atoms with Gasteiger partial charge in [-0.2, -0.15) is 8.42 Å². The first-order valence-electron chi connectivity index (χ1n) is 5.05. The number of nitrogens with zero attached hydrogens (tertiary/aromatic N) is 3. The summed E-state index contributed by atoms with van der Waals surface area (Å²) in [6.45, 7) is 5.97.